The predicted octanol–water partition coefficient (Wildman–Crippen LogP) is 3.39. The topological polar surface area (TPSA) is 45.7 Å². The molecule has 1 fully saturated rings. The van der Waals surface area contributed by atoms with Crippen LogP contribution < -0.4 is 15.4 Å². The van der Waals surface area contributed by atoms with Crippen LogP contribution in [-0.4, -0.2) is 25.2 Å². The number of guanidine groups is 1. The molecule has 0 aliphatic heterocycles. The van der Waals surface area contributed by atoms with Gasteiger partial charge in [-0.05, 0) is 44.6 Å². The van der Waals surface area contributed by atoms with Gasteiger partial charge in [0.05, 0.1) is 6.10 Å². The van der Waals surface area contributed by atoms with Crippen LogP contribution in [0.1, 0.15) is 44.1 Å². The zero-order chi connectivity index (χ0) is 15.9. The molecule has 2 aliphatic carbocycles. The minimum absolute atomic E-state index is 0.387. The van der Waals surface area contributed by atoms with E-state index in [4.69, 9.17) is 4.74 Å². The van der Waals surface area contributed by atoms with Crippen molar-refractivity contribution in [2.24, 2.45) is 4.99 Å². The normalized spacial score (nSPS) is 19.3. The highest BCUT2D eigenvalue weighted by Gasteiger charge is 2.18. The standard InChI is InChI=1S/C19H27N3O/c1-20-19(22-16-9-3-4-10-16)21-14-15-8-2-7-13-18(15)23-17-11-5-6-12-17/h2-4,7-8,13,16-17H,5-6,9-12,14H2,1H3,(H2,20,21,22). The summed E-state index contributed by atoms with van der Waals surface area (Å²) in [5.74, 6) is 1.86. The molecule has 0 radical (unpaired) electrons. The first kappa shape index (κ1) is 15.9. The Morgan fingerprint density at radius 3 is 2.65 bits per heavy atom. The number of benzene rings is 1. The lowest BCUT2D eigenvalue weighted by atomic mass is 10.2. The van der Waals surface area contributed by atoms with Gasteiger partial charge in [0.1, 0.15) is 5.75 Å². The molecule has 0 unspecified atom stereocenters. The van der Waals surface area contributed by atoms with Gasteiger partial charge in [-0.2, -0.15) is 0 Å². The van der Waals surface area contributed by atoms with Crippen LogP contribution in [-0.2, 0) is 6.54 Å². The predicted molar refractivity (Wildman–Crippen MR) is 94.8 cm³/mol. The van der Waals surface area contributed by atoms with Gasteiger partial charge in [0.25, 0.3) is 0 Å². The van der Waals surface area contributed by atoms with E-state index in [-0.39, 0.29) is 0 Å². The molecule has 1 aromatic carbocycles. The molecule has 23 heavy (non-hydrogen) atoms. The van der Waals surface area contributed by atoms with Crippen molar-refractivity contribution in [2.45, 2.75) is 57.2 Å². The fraction of sp³-hybridized carbons (Fsp3) is 0.526. The Kier molecular flexibility index (Phi) is 5.56. The Hall–Kier alpha value is -1.97. The summed E-state index contributed by atoms with van der Waals surface area (Å²) < 4.78 is 6.20. The van der Waals surface area contributed by atoms with Crippen molar-refractivity contribution in [3.63, 3.8) is 0 Å². The average Bonchev–Trinajstić information content (AvgIpc) is 3.26. The molecule has 0 aromatic heterocycles. The molecule has 4 nitrogen and oxygen atoms in total. The fourth-order valence-electron chi connectivity index (χ4n) is 3.25. The molecule has 3 rings (SSSR count). The minimum Gasteiger partial charge on any atom is -0.490 e. The van der Waals surface area contributed by atoms with Gasteiger partial charge in [-0.25, -0.2) is 0 Å². The van der Waals surface area contributed by atoms with E-state index < -0.39 is 0 Å². The van der Waals surface area contributed by atoms with E-state index in [1.54, 1.807) is 0 Å². The molecule has 0 amide bonds. The van der Waals surface area contributed by atoms with Crippen molar-refractivity contribution in [3.05, 3.63) is 42.0 Å². The second-order valence-corrected chi connectivity index (χ2v) is 6.34. The zero-order valence-corrected chi connectivity index (χ0v) is 13.9. The van der Waals surface area contributed by atoms with Crippen LogP contribution in [0, 0.1) is 0 Å². The van der Waals surface area contributed by atoms with Crippen molar-refractivity contribution in [1.82, 2.24) is 10.6 Å². The first-order valence-electron chi connectivity index (χ1n) is 8.72. The summed E-state index contributed by atoms with van der Waals surface area (Å²) >= 11 is 0. The lowest BCUT2D eigenvalue weighted by molar-refractivity contribution is 0.208. The number of nitrogens with one attached hydrogen (secondary N) is 2. The van der Waals surface area contributed by atoms with Crippen molar-refractivity contribution in [1.29, 1.82) is 0 Å². The molecule has 124 valence electrons. The fourth-order valence-corrected chi connectivity index (χ4v) is 3.25. The Bertz CT molecular complexity index is 553. The third-order valence-corrected chi connectivity index (χ3v) is 4.59. The molecule has 0 heterocycles. The van der Waals surface area contributed by atoms with Crippen LogP contribution in [0.5, 0.6) is 5.75 Å². The van der Waals surface area contributed by atoms with E-state index in [2.05, 4.69) is 46.0 Å². The average molecular weight is 313 g/mol. The highest BCUT2D eigenvalue weighted by Crippen LogP contribution is 2.26. The molecule has 0 spiro atoms. The zero-order valence-electron chi connectivity index (χ0n) is 13.9. The van der Waals surface area contributed by atoms with E-state index in [0.717, 1.165) is 31.1 Å². The Morgan fingerprint density at radius 2 is 1.91 bits per heavy atom. The van der Waals surface area contributed by atoms with Crippen LogP contribution in [0.3, 0.4) is 0 Å². The molecule has 4 heteroatoms. The van der Waals surface area contributed by atoms with Crippen LogP contribution in [0.15, 0.2) is 41.4 Å². The summed E-state index contributed by atoms with van der Waals surface area (Å²) in [5, 5.41) is 6.87. The maximum atomic E-state index is 6.20. The van der Waals surface area contributed by atoms with Crippen LogP contribution in [0.25, 0.3) is 0 Å². The lowest BCUT2D eigenvalue weighted by Crippen LogP contribution is -2.42. The molecular formula is C19H27N3O. The van der Waals surface area contributed by atoms with Gasteiger partial charge in [0.2, 0.25) is 0 Å². The number of rotatable bonds is 5. The first-order chi connectivity index (χ1) is 11.3. The van der Waals surface area contributed by atoms with Gasteiger partial charge in [-0.3, -0.25) is 4.99 Å². The monoisotopic (exact) mass is 313 g/mol. The number of ether oxygens (including phenoxy) is 1. The summed E-state index contributed by atoms with van der Waals surface area (Å²) in [6.45, 7) is 0.725. The number of hydrogen-bond donors (Lipinski definition) is 2. The lowest BCUT2D eigenvalue weighted by Gasteiger charge is -2.19. The number of para-hydroxylation sites is 1. The SMILES string of the molecule is CN=C(NCc1ccccc1OC1CCCC1)NC1CC=CC1. The molecular weight excluding hydrogens is 286 g/mol. The number of nitrogens with zero attached hydrogens (tertiary/aromatic N) is 1. The van der Waals surface area contributed by atoms with E-state index in [1.165, 1.54) is 31.2 Å². The van der Waals surface area contributed by atoms with Gasteiger partial charge in [0, 0.05) is 25.2 Å². The maximum Gasteiger partial charge on any atom is 0.191 e. The molecule has 0 saturated heterocycles. The molecule has 0 bridgehead atoms. The minimum atomic E-state index is 0.387. The van der Waals surface area contributed by atoms with E-state index in [0.29, 0.717) is 12.1 Å². The second-order valence-electron chi connectivity index (χ2n) is 6.34. The van der Waals surface area contributed by atoms with Crippen LogP contribution >= 0.6 is 0 Å². The highest BCUT2D eigenvalue weighted by atomic mass is 16.5. The third-order valence-electron chi connectivity index (χ3n) is 4.59. The summed E-state index contributed by atoms with van der Waals surface area (Å²) in [6.07, 6.45) is 11.9. The van der Waals surface area contributed by atoms with Gasteiger partial charge in [-0.15, -0.1) is 0 Å². The molecule has 0 atom stereocenters. The maximum absolute atomic E-state index is 6.20. The number of aliphatic imine (C=N–C) groups is 1. The first-order valence-corrected chi connectivity index (χ1v) is 8.72. The van der Waals surface area contributed by atoms with Crippen LogP contribution in [0.2, 0.25) is 0 Å². The van der Waals surface area contributed by atoms with E-state index in [9.17, 15) is 0 Å². The van der Waals surface area contributed by atoms with Crippen molar-refractivity contribution in [2.75, 3.05) is 7.05 Å². The summed E-state index contributed by atoms with van der Waals surface area (Å²) in [4.78, 5) is 4.33. The largest absolute Gasteiger partial charge is 0.490 e. The highest BCUT2D eigenvalue weighted by molar-refractivity contribution is 5.80. The smallest absolute Gasteiger partial charge is 0.191 e. The molecule has 1 saturated carbocycles. The van der Waals surface area contributed by atoms with Crippen molar-refractivity contribution in [3.8, 4) is 5.75 Å². The van der Waals surface area contributed by atoms with Crippen molar-refractivity contribution >= 4 is 5.96 Å². The second kappa shape index (κ2) is 8.04. The number of hydrogen-bond acceptors (Lipinski definition) is 2. The molecule has 1 aromatic rings. The van der Waals surface area contributed by atoms with Gasteiger partial charge in [-0.1, -0.05) is 30.4 Å². The van der Waals surface area contributed by atoms with Gasteiger partial charge >= 0.3 is 0 Å². The van der Waals surface area contributed by atoms with E-state index >= 15 is 0 Å². The Labute approximate surface area is 139 Å². The third kappa shape index (κ3) is 4.50. The van der Waals surface area contributed by atoms with Gasteiger partial charge in [0.15, 0.2) is 5.96 Å². The Balaban J connectivity index is 1.56. The van der Waals surface area contributed by atoms with Crippen molar-refractivity contribution < 1.29 is 4.74 Å². The molecule has 2 aliphatic rings. The molecule has 2 N–H and O–H groups in total. The van der Waals surface area contributed by atoms with Crippen LogP contribution in [0.4, 0.5) is 0 Å². The quantitative estimate of drug-likeness (QED) is 0.497. The summed E-state index contributed by atoms with van der Waals surface area (Å²) in [5.41, 5.74) is 1.19. The van der Waals surface area contributed by atoms with Gasteiger partial charge < -0.3 is 15.4 Å². The van der Waals surface area contributed by atoms with E-state index in [1.807, 2.05) is 13.1 Å². The summed E-state index contributed by atoms with van der Waals surface area (Å²) in [6, 6.07) is 8.78. The Morgan fingerprint density at radius 1 is 1.17 bits per heavy atom. The summed E-state index contributed by atoms with van der Waals surface area (Å²) in [7, 11) is 1.82.